The van der Waals surface area contributed by atoms with Crippen molar-refractivity contribution >= 4 is 14.5 Å². The number of rotatable bonds is 17. The maximum atomic E-state index is 13.5. The number of nitrogens with two attached hydrogens (primary N) is 1. The average Bonchev–Trinajstić information content (AvgIpc) is 3.69. The van der Waals surface area contributed by atoms with E-state index in [1.54, 1.807) is 21.1 Å². The molecule has 1 saturated carbocycles. The molecule has 2 fully saturated rings. The number of benzene rings is 3. The number of aryl methyl sites for hydroxylation is 1. The first-order valence-electron chi connectivity index (χ1n) is 20.1. The molecule has 2 aliphatic rings. The Bertz CT molecular complexity index is 2250. The number of carboxylic acid groups (broad SMARTS) is 1. The lowest BCUT2D eigenvalue weighted by Gasteiger charge is -2.42. The molecule has 340 valence electrons. The van der Waals surface area contributed by atoms with Gasteiger partial charge in [0.1, 0.15) is 35.0 Å². The van der Waals surface area contributed by atoms with Crippen LogP contribution in [0.4, 0.5) is 13.2 Å². The first-order valence-corrected chi connectivity index (χ1v) is 21.3. The van der Waals surface area contributed by atoms with E-state index in [0.717, 1.165) is 16.7 Å². The molecule has 0 spiro atoms. The van der Waals surface area contributed by atoms with Crippen molar-refractivity contribution in [2.45, 2.75) is 95.3 Å². The molecule has 3 aromatic carbocycles. The van der Waals surface area contributed by atoms with Gasteiger partial charge in [-0.3, -0.25) is 14.3 Å². The largest absolute Gasteiger partial charge is 0.497 e. The number of aromatic amines is 1. The van der Waals surface area contributed by atoms with Gasteiger partial charge in [-0.05, 0) is 82.0 Å². The number of carbonyl (C=O) groups is 1. The number of hydrogen-bond acceptors (Lipinski definition) is 12. The van der Waals surface area contributed by atoms with E-state index < -0.39 is 67.4 Å². The second-order valence-electron chi connectivity index (χ2n) is 15.7. The van der Waals surface area contributed by atoms with Crippen molar-refractivity contribution in [1.82, 2.24) is 14.2 Å². The number of nitriles is 1. The zero-order valence-corrected chi connectivity index (χ0v) is 36.9. The van der Waals surface area contributed by atoms with Crippen LogP contribution in [0.1, 0.15) is 69.0 Å². The summed E-state index contributed by atoms with van der Waals surface area (Å²) in [5, 5.41) is 16.5. The van der Waals surface area contributed by atoms with Gasteiger partial charge < -0.3 is 38.8 Å². The summed E-state index contributed by atoms with van der Waals surface area (Å²) in [7, 11) is 1.49. The molecule has 4 N–H and O–H groups in total. The summed E-state index contributed by atoms with van der Waals surface area (Å²) in [5.41, 5.74) is 6.44. The molecule has 63 heavy (non-hydrogen) atoms. The van der Waals surface area contributed by atoms with Crippen LogP contribution in [0.15, 0.2) is 94.6 Å². The van der Waals surface area contributed by atoms with Crippen molar-refractivity contribution in [1.29, 1.82) is 5.26 Å². The van der Waals surface area contributed by atoms with Gasteiger partial charge in [0.2, 0.25) is 0 Å². The number of methoxy groups -OCH3 is 2. The smallest absolute Gasteiger partial charge is 0.490 e. The van der Waals surface area contributed by atoms with E-state index in [-0.39, 0.29) is 31.7 Å². The highest BCUT2D eigenvalue weighted by atomic mass is 31.2. The molecule has 2 heterocycles. The van der Waals surface area contributed by atoms with Crippen LogP contribution in [0.5, 0.6) is 11.5 Å². The number of halogens is 3. The van der Waals surface area contributed by atoms with E-state index in [2.05, 4.69) is 43.4 Å². The Labute approximate surface area is 364 Å². The van der Waals surface area contributed by atoms with Crippen molar-refractivity contribution in [2.75, 3.05) is 27.4 Å². The molecule has 1 aromatic heterocycles. The summed E-state index contributed by atoms with van der Waals surface area (Å²) < 4.78 is 74.4. The number of carboxylic acids is 1. The second-order valence-corrected chi connectivity index (χ2v) is 17.1. The summed E-state index contributed by atoms with van der Waals surface area (Å²) in [6.45, 7) is 10.1. The van der Waals surface area contributed by atoms with Gasteiger partial charge in [-0.25, -0.2) is 14.3 Å². The van der Waals surface area contributed by atoms with Gasteiger partial charge in [0.25, 0.3) is 14.1 Å². The van der Waals surface area contributed by atoms with Gasteiger partial charge >= 0.3 is 17.8 Å². The minimum absolute atomic E-state index is 0.0207. The van der Waals surface area contributed by atoms with E-state index in [1.807, 2.05) is 78.9 Å². The van der Waals surface area contributed by atoms with E-state index in [0.29, 0.717) is 23.5 Å². The lowest BCUT2D eigenvalue weighted by atomic mass is 9.79. The molecule has 6 rings (SSSR count). The average molecular weight is 900 g/mol. The summed E-state index contributed by atoms with van der Waals surface area (Å²) in [5.74, 6) is -1.92. The van der Waals surface area contributed by atoms with Gasteiger partial charge in [0.15, 0.2) is 0 Å². The van der Waals surface area contributed by atoms with Gasteiger partial charge in [-0.1, -0.05) is 54.6 Å². The highest BCUT2D eigenvalue weighted by Crippen LogP contribution is 2.60. The third-order valence-electron chi connectivity index (χ3n) is 10.9. The number of nitrogens with one attached hydrogen (secondary N) is 1. The number of ether oxygens (including phenoxy) is 4. The van der Waals surface area contributed by atoms with Gasteiger partial charge in [0, 0.05) is 35.8 Å². The first-order chi connectivity index (χ1) is 29.8. The van der Waals surface area contributed by atoms with Crippen molar-refractivity contribution in [2.24, 2.45) is 11.7 Å². The highest BCUT2D eigenvalue weighted by Gasteiger charge is 2.67. The van der Waals surface area contributed by atoms with Gasteiger partial charge in [0.05, 0.1) is 39.9 Å². The lowest BCUT2D eigenvalue weighted by molar-refractivity contribution is -0.192. The third-order valence-corrected chi connectivity index (χ3v) is 13.0. The topological polar surface area (TPSA) is 201 Å². The maximum absolute atomic E-state index is 13.5. The SMILES string of the molecule is COc1ccc(C(OC[C@@]23C[C@@H](N)[C@@H]([C@H](n4cc(C)c(=O)[nH]c4=O)O2)[C@@H]3OP(OCCC#N)N(C(C)C)C(C)C)(c2ccccc2)c2ccc(OC)cc2)cc1.O=C(O)C(F)(F)F. The Hall–Kier alpha value is -5.12. The molecule has 1 unspecified atom stereocenters. The number of hydrogen-bond donors (Lipinski definition) is 3. The minimum atomic E-state index is -5.08. The fourth-order valence-electron chi connectivity index (χ4n) is 8.08. The van der Waals surface area contributed by atoms with Gasteiger partial charge in [-0.2, -0.15) is 18.4 Å². The van der Waals surface area contributed by atoms with Crippen LogP contribution in [0, 0.1) is 24.2 Å². The van der Waals surface area contributed by atoms with E-state index in [9.17, 15) is 28.0 Å². The molecule has 0 radical (unpaired) electrons. The van der Waals surface area contributed by atoms with Crippen LogP contribution in [-0.2, 0) is 28.9 Å². The van der Waals surface area contributed by atoms with Crippen molar-refractivity contribution in [3.8, 4) is 17.6 Å². The molecule has 6 atom stereocenters. The number of nitrogens with zero attached hydrogens (tertiary/aromatic N) is 3. The van der Waals surface area contributed by atoms with E-state index in [1.165, 1.54) is 10.8 Å². The first kappa shape index (κ1) is 48.9. The predicted octanol–water partition coefficient (Wildman–Crippen LogP) is 6.78. The number of aromatic nitrogens is 2. The van der Waals surface area contributed by atoms with Crippen LogP contribution in [0.2, 0.25) is 0 Å². The van der Waals surface area contributed by atoms with Crippen molar-refractivity contribution in [3.05, 3.63) is 128 Å². The summed E-state index contributed by atoms with van der Waals surface area (Å²) in [6, 6.07) is 27.2. The highest BCUT2D eigenvalue weighted by molar-refractivity contribution is 7.44. The molecule has 0 amide bonds. The van der Waals surface area contributed by atoms with Crippen molar-refractivity contribution < 1.29 is 51.1 Å². The summed E-state index contributed by atoms with van der Waals surface area (Å²) >= 11 is 0. The molecule has 1 aliphatic carbocycles. The Morgan fingerprint density at radius 2 is 1.51 bits per heavy atom. The number of H-pyrrole nitrogens is 1. The zero-order valence-electron chi connectivity index (χ0n) is 36.0. The Morgan fingerprint density at radius 1 is 0.984 bits per heavy atom. The molecule has 15 nitrogen and oxygen atoms in total. The summed E-state index contributed by atoms with van der Waals surface area (Å²) in [6.07, 6.45) is -4.67. The number of fused-ring (bicyclic) bond motifs is 2. The third kappa shape index (κ3) is 10.6. The molecular formula is C44H53F3N5O10P. The molecule has 2 bridgehead atoms. The zero-order chi connectivity index (χ0) is 46.3. The lowest BCUT2D eigenvalue weighted by Crippen LogP contribution is -2.48. The monoisotopic (exact) mass is 899 g/mol. The quantitative estimate of drug-likeness (QED) is 0.0570. The molecule has 1 aliphatic heterocycles. The molecule has 1 saturated heterocycles. The number of alkyl halides is 3. The second kappa shape index (κ2) is 20.6. The molecular weight excluding hydrogens is 846 g/mol. The minimum Gasteiger partial charge on any atom is -0.497 e. The van der Waals surface area contributed by atoms with Crippen LogP contribution >= 0.6 is 8.53 Å². The number of aliphatic carboxylic acids is 1. The molecule has 19 heteroatoms. The Balaban J connectivity index is 0.000000985. The normalized spacial score (nSPS) is 21.2. The Morgan fingerprint density at radius 3 is 1.98 bits per heavy atom. The van der Waals surface area contributed by atoms with E-state index in [4.69, 9.17) is 43.6 Å². The maximum Gasteiger partial charge on any atom is 0.490 e. The Kier molecular flexibility index (Phi) is 16.0. The fraction of sp³-hybridized carbons (Fsp3) is 0.455. The van der Waals surface area contributed by atoms with Crippen LogP contribution in [-0.4, -0.2) is 88.7 Å². The fourth-order valence-corrected chi connectivity index (χ4v) is 9.91. The standard InChI is InChI=1S/C42H52N5O8P.C2HF3O2/c1-27(2)47(28(3)4)56(53-23-11-22-43)55-37-36-35(44)24-41(37,54-39(36)46-25-29(5)38(48)45-40(46)49)26-52-42(30-12-9-8-10-13-30,31-14-18-33(50-6)19-15-31)32-16-20-34(51-7)21-17-32;3-2(4,5)1(6)7/h8-10,12-21,25,27-28,35-37,39H,11,23-24,26,44H2,1-7H3,(H,45,48,49);(H,6,7)/t35-,36-,37+,39-,41-,56?;/m1./s1. The van der Waals surface area contributed by atoms with Gasteiger partial charge in [-0.15, -0.1) is 0 Å². The van der Waals surface area contributed by atoms with Crippen molar-refractivity contribution in [3.63, 3.8) is 0 Å². The predicted molar refractivity (Wildman–Crippen MR) is 227 cm³/mol. The summed E-state index contributed by atoms with van der Waals surface area (Å²) in [4.78, 5) is 37.3. The molecule has 4 aromatic rings. The van der Waals surface area contributed by atoms with Crippen LogP contribution < -0.4 is 26.5 Å². The van der Waals surface area contributed by atoms with E-state index >= 15 is 0 Å². The van der Waals surface area contributed by atoms with Crippen LogP contribution in [0.3, 0.4) is 0 Å². The van der Waals surface area contributed by atoms with Crippen LogP contribution in [0.25, 0.3) is 0 Å².